The molecule has 0 aromatic rings. The highest BCUT2D eigenvalue weighted by Gasteiger charge is 2.59. The average Bonchev–Trinajstić information content (AvgIpc) is 2.82. The maximum Gasteiger partial charge on any atom is 0.223 e. The molecule has 0 bridgehead atoms. The third-order valence-electron chi connectivity index (χ3n) is 5.39. The highest BCUT2D eigenvalue weighted by atomic mass is 35.5. The van der Waals surface area contributed by atoms with E-state index in [1.807, 2.05) is 0 Å². The topological polar surface area (TPSA) is 50.4 Å². The van der Waals surface area contributed by atoms with Crippen molar-refractivity contribution in [1.29, 1.82) is 0 Å². The first-order chi connectivity index (χ1) is 9.00. The minimum absolute atomic E-state index is 0. The van der Waals surface area contributed by atoms with Crippen LogP contribution in [-0.4, -0.2) is 37.2 Å². The molecule has 0 radical (unpaired) electrons. The Balaban J connectivity index is 0.00000147. The monoisotopic (exact) mass is 302 g/mol. The maximum atomic E-state index is 12.4. The fourth-order valence-electron chi connectivity index (χ4n) is 4.26. The molecule has 20 heavy (non-hydrogen) atoms. The van der Waals surface area contributed by atoms with Crippen molar-refractivity contribution in [2.24, 2.45) is 17.3 Å². The van der Waals surface area contributed by atoms with Crippen molar-refractivity contribution < 1.29 is 9.53 Å². The Morgan fingerprint density at radius 2 is 2.10 bits per heavy atom. The lowest BCUT2D eigenvalue weighted by Gasteiger charge is -2.54. The first kappa shape index (κ1) is 16.1. The quantitative estimate of drug-likeness (QED) is 0.817. The summed E-state index contributed by atoms with van der Waals surface area (Å²) in [7, 11) is 0. The summed E-state index contributed by atoms with van der Waals surface area (Å²) < 4.78 is 5.78. The summed E-state index contributed by atoms with van der Waals surface area (Å²) in [6, 6.07) is 0.763. The minimum atomic E-state index is 0. The highest BCUT2D eigenvalue weighted by molar-refractivity contribution is 5.85. The van der Waals surface area contributed by atoms with Gasteiger partial charge >= 0.3 is 0 Å². The molecule has 3 aliphatic rings. The number of fused-ring (bicyclic) bond motifs is 1. The molecule has 2 aliphatic heterocycles. The summed E-state index contributed by atoms with van der Waals surface area (Å²) in [5, 5.41) is 6.72. The first-order valence-corrected chi connectivity index (χ1v) is 7.65. The number of halogens is 1. The Kier molecular flexibility index (Phi) is 4.67. The SMILES string of the molecule is C[C@H]1C[C@@H](C(=O)NC2C3CCOC3C2(C)C)CCN1.Cl. The Hall–Kier alpha value is -0.320. The van der Waals surface area contributed by atoms with E-state index in [1.165, 1.54) is 0 Å². The molecule has 1 aliphatic carbocycles. The number of ether oxygens (including phenoxy) is 1. The third-order valence-corrected chi connectivity index (χ3v) is 5.39. The van der Waals surface area contributed by atoms with Gasteiger partial charge in [0.2, 0.25) is 5.91 Å². The van der Waals surface area contributed by atoms with E-state index in [0.717, 1.165) is 32.4 Å². The molecular formula is C15H27ClN2O2. The number of hydrogen-bond donors (Lipinski definition) is 2. The Morgan fingerprint density at radius 1 is 1.35 bits per heavy atom. The highest BCUT2D eigenvalue weighted by Crippen LogP contribution is 2.52. The Bertz CT molecular complexity index is 375. The van der Waals surface area contributed by atoms with Crippen molar-refractivity contribution in [3.63, 3.8) is 0 Å². The summed E-state index contributed by atoms with van der Waals surface area (Å²) in [6.45, 7) is 8.41. The number of hydrogen-bond acceptors (Lipinski definition) is 3. The Morgan fingerprint density at radius 3 is 2.80 bits per heavy atom. The number of carbonyl (C=O) groups excluding carboxylic acids is 1. The molecule has 4 nitrogen and oxygen atoms in total. The second kappa shape index (κ2) is 5.82. The van der Waals surface area contributed by atoms with Crippen molar-refractivity contribution in [3.05, 3.63) is 0 Å². The van der Waals surface area contributed by atoms with Gasteiger partial charge in [-0.2, -0.15) is 0 Å². The van der Waals surface area contributed by atoms with Gasteiger partial charge in [0, 0.05) is 35.9 Å². The van der Waals surface area contributed by atoms with Gasteiger partial charge in [-0.15, -0.1) is 12.4 Å². The summed E-state index contributed by atoms with van der Waals surface area (Å²) in [5.41, 5.74) is 0.0926. The zero-order valence-corrected chi connectivity index (χ0v) is 13.5. The summed E-state index contributed by atoms with van der Waals surface area (Å²) in [5.74, 6) is 0.989. The molecule has 2 N–H and O–H groups in total. The van der Waals surface area contributed by atoms with E-state index in [4.69, 9.17) is 4.74 Å². The van der Waals surface area contributed by atoms with Gasteiger partial charge in [0.05, 0.1) is 6.10 Å². The van der Waals surface area contributed by atoms with Crippen molar-refractivity contribution in [3.8, 4) is 0 Å². The maximum absolute atomic E-state index is 12.4. The second-order valence-corrected chi connectivity index (χ2v) is 7.13. The van der Waals surface area contributed by atoms with E-state index in [0.29, 0.717) is 24.1 Å². The first-order valence-electron chi connectivity index (χ1n) is 7.65. The lowest BCUT2D eigenvalue weighted by molar-refractivity contribution is -0.141. The third kappa shape index (κ3) is 2.58. The molecule has 0 spiro atoms. The van der Waals surface area contributed by atoms with Crippen LogP contribution >= 0.6 is 12.4 Å². The lowest BCUT2D eigenvalue weighted by Crippen LogP contribution is -2.67. The van der Waals surface area contributed by atoms with Gasteiger partial charge in [-0.05, 0) is 32.7 Å². The normalized spacial score (nSPS) is 42.0. The molecule has 3 rings (SSSR count). The fourth-order valence-corrected chi connectivity index (χ4v) is 4.26. The Labute approximate surface area is 127 Å². The van der Waals surface area contributed by atoms with Gasteiger partial charge in [0.1, 0.15) is 0 Å². The molecule has 3 fully saturated rings. The van der Waals surface area contributed by atoms with Gasteiger partial charge in [-0.1, -0.05) is 13.8 Å². The van der Waals surface area contributed by atoms with Crippen LogP contribution in [-0.2, 0) is 9.53 Å². The van der Waals surface area contributed by atoms with E-state index < -0.39 is 0 Å². The van der Waals surface area contributed by atoms with E-state index in [2.05, 4.69) is 31.4 Å². The van der Waals surface area contributed by atoms with Gasteiger partial charge in [0.25, 0.3) is 0 Å². The number of piperidine rings is 1. The molecule has 1 amide bonds. The number of amides is 1. The predicted octanol–water partition coefficient (Wildman–Crippen LogP) is 1.73. The molecular weight excluding hydrogens is 276 g/mol. The van der Waals surface area contributed by atoms with Crippen molar-refractivity contribution >= 4 is 18.3 Å². The van der Waals surface area contributed by atoms with Crippen LogP contribution in [0.3, 0.4) is 0 Å². The summed E-state index contributed by atoms with van der Waals surface area (Å²) in [4.78, 5) is 12.4. The zero-order valence-electron chi connectivity index (χ0n) is 12.6. The van der Waals surface area contributed by atoms with Crippen molar-refractivity contribution in [2.45, 2.75) is 58.2 Å². The van der Waals surface area contributed by atoms with E-state index in [-0.39, 0.29) is 29.6 Å². The van der Waals surface area contributed by atoms with Crippen molar-refractivity contribution in [2.75, 3.05) is 13.2 Å². The molecule has 2 heterocycles. The summed E-state index contributed by atoms with van der Waals surface area (Å²) in [6.07, 6.45) is 3.38. The average molecular weight is 303 g/mol. The van der Waals surface area contributed by atoms with Gasteiger partial charge in [-0.3, -0.25) is 4.79 Å². The standard InChI is InChI=1S/C15H26N2O2.ClH/c1-9-8-10(4-6-16-9)14(18)17-12-11-5-7-19-13(11)15(12,2)3;/h9-13,16H,4-8H2,1-3H3,(H,17,18);1H/t9-,10-,11?,12?,13?;/m0./s1. The van der Waals surface area contributed by atoms with Crippen LogP contribution in [0.5, 0.6) is 0 Å². The fraction of sp³-hybridized carbons (Fsp3) is 0.933. The summed E-state index contributed by atoms with van der Waals surface area (Å²) >= 11 is 0. The van der Waals surface area contributed by atoms with Gasteiger partial charge in [-0.25, -0.2) is 0 Å². The van der Waals surface area contributed by atoms with E-state index in [9.17, 15) is 4.79 Å². The van der Waals surface area contributed by atoms with E-state index in [1.54, 1.807) is 0 Å². The number of carbonyl (C=O) groups is 1. The van der Waals surface area contributed by atoms with Crippen LogP contribution in [0, 0.1) is 17.3 Å². The van der Waals surface area contributed by atoms with Gasteiger partial charge < -0.3 is 15.4 Å². The number of nitrogens with one attached hydrogen (secondary N) is 2. The molecule has 116 valence electrons. The number of rotatable bonds is 2. The molecule has 1 saturated carbocycles. The van der Waals surface area contributed by atoms with E-state index >= 15 is 0 Å². The van der Waals surface area contributed by atoms with Crippen LogP contribution in [0.2, 0.25) is 0 Å². The van der Waals surface area contributed by atoms with Gasteiger partial charge in [0.15, 0.2) is 0 Å². The minimum Gasteiger partial charge on any atom is -0.377 e. The largest absolute Gasteiger partial charge is 0.377 e. The molecule has 0 aromatic carbocycles. The molecule has 2 saturated heterocycles. The second-order valence-electron chi connectivity index (χ2n) is 7.13. The van der Waals surface area contributed by atoms with Crippen LogP contribution in [0.15, 0.2) is 0 Å². The zero-order chi connectivity index (χ0) is 13.6. The smallest absolute Gasteiger partial charge is 0.223 e. The van der Waals surface area contributed by atoms with Crippen LogP contribution in [0.1, 0.15) is 40.0 Å². The molecule has 0 aromatic heterocycles. The molecule has 5 heteroatoms. The molecule has 5 atom stereocenters. The van der Waals surface area contributed by atoms with Crippen LogP contribution in [0.25, 0.3) is 0 Å². The van der Waals surface area contributed by atoms with Crippen LogP contribution < -0.4 is 10.6 Å². The lowest BCUT2D eigenvalue weighted by atomic mass is 9.57. The molecule has 3 unspecified atom stereocenters. The van der Waals surface area contributed by atoms with Crippen molar-refractivity contribution in [1.82, 2.24) is 10.6 Å². The van der Waals surface area contributed by atoms with Crippen LogP contribution in [0.4, 0.5) is 0 Å². The predicted molar refractivity (Wildman–Crippen MR) is 81.0 cm³/mol.